The topological polar surface area (TPSA) is 83.7 Å². The molecular formula is C13H18N2O4. The molecule has 0 spiro atoms. The summed E-state index contributed by atoms with van der Waals surface area (Å²) >= 11 is 0. The highest BCUT2D eigenvalue weighted by Crippen LogP contribution is 2.21. The standard InChI is InChI=1S/C13H18N2O4/c1-10(14(2)9-3-4-13(16)17)11-5-7-12(8-6-11)15(18)19/h5-8,10H,3-4,9H2,1-2H3,(H,16,17). The Morgan fingerprint density at radius 2 is 2.00 bits per heavy atom. The zero-order valence-corrected chi connectivity index (χ0v) is 11.1. The summed E-state index contributed by atoms with van der Waals surface area (Å²) in [6.07, 6.45) is 0.737. The average molecular weight is 266 g/mol. The van der Waals surface area contributed by atoms with Gasteiger partial charge in [-0.05, 0) is 32.5 Å². The van der Waals surface area contributed by atoms with Gasteiger partial charge < -0.3 is 5.11 Å². The molecule has 104 valence electrons. The number of nitro benzene ring substituents is 1. The number of nitro groups is 1. The minimum Gasteiger partial charge on any atom is -0.481 e. The molecule has 0 bridgehead atoms. The molecule has 0 heterocycles. The van der Waals surface area contributed by atoms with Crippen LogP contribution in [0.4, 0.5) is 5.69 Å². The first kappa shape index (κ1) is 15.1. The van der Waals surface area contributed by atoms with Crippen LogP contribution in [0.1, 0.15) is 31.4 Å². The molecule has 1 N–H and O–H groups in total. The number of rotatable bonds is 7. The molecule has 1 unspecified atom stereocenters. The number of carboxylic acid groups (broad SMARTS) is 1. The summed E-state index contributed by atoms with van der Waals surface area (Å²) in [5.41, 5.74) is 1.05. The van der Waals surface area contributed by atoms with Crippen molar-refractivity contribution in [1.82, 2.24) is 4.90 Å². The molecule has 6 nitrogen and oxygen atoms in total. The molecule has 1 rings (SSSR count). The predicted octanol–water partition coefficient (Wildman–Crippen LogP) is 2.45. The van der Waals surface area contributed by atoms with Gasteiger partial charge in [-0.15, -0.1) is 0 Å². The zero-order valence-electron chi connectivity index (χ0n) is 11.1. The van der Waals surface area contributed by atoms with E-state index in [-0.39, 0.29) is 18.2 Å². The second-order valence-corrected chi connectivity index (χ2v) is 4.50. The van der Waals surface area contributed by atoms with Gasteiger partial charge in [0.2, 0.25) is 0 Å². The second kappa shape index (κ2) is 6.84. The summed E-state index contributed by atoms with van der Waals surface area (Å²) < 4.78 is 0. The lowest BCUT2D eigenvalue weighted by molar-refractivity contribution is -0.384. The normalized spacial score (nSPS) is 12.4. The first-order chi connectivity index (χ1) is 8.91. The van der Waals surface area contributed by atoms with E-state index in [1.54, 1.807) is 12.1 Å². The van der Waals surface area contributed by atoms with Crippen LogP contribution in [0.2, 0.25) is 0 Å². The van der Waals surface area contributed by atoms with E-state index >= 15 is 0 Å². The number of hydrogen-bond donors (Lipinski definition) is 1. The summed E-state index contributed by atoms with van der Waals surface area (Å²) in [6.45, 7) is 2.66. The van der Waals surface area contributed by atoms with Crippen LogP contribution in [-0.2, 0) is 4.79 Å². The predicted molar refractivity (Wildman–Crippen MR) is 71.0 cm³/mol. The maximum absolute atomic E-state index is 10.6. The summed E-state index contributed by atoms with van der Waals surface area (Å²) in [6, 6.07) is 6.52. The number of nitrogens with zero attached hydrogens (tertiary/aromatic N) is 2. The van der Waals surface area contributed by atoms with Gasteiger partial charge in [0.05, 0.1) is 4.92 Å². The van der Waals surface area contributed by atoms with Crippen molar-refractivity contribution < 1.29 is 14.8 Å². The van der Waals surface area contributed by atoms with Gasteiger partial charge in [0.1, 0.15) is 0 Å². The third kappa shape index (κ3) is 4.67. The molecule has 0 aromatic heterocycles. The number of benzene rings is 1. The van der Waals surface area contributed by atoms with E-state index in [9.17, 15) is 14.9 Å². The molecule has 1 aromatic rings. The Morgan fingerprint density at radius 3 is 2.47 bits per heavy atom. The van der Waals surface area contributed by atoms with Gasteiger partial charge in [0.15, 0.2) is 0 Å². The molecule has 6 heteroatoms. The van der Waals surface area contributed by atoms with Crippen LogP contribution in [0.3, 0.4) is 0 Å². The van der Waals surface area contributed by atoms with E-state index in [0.717, 1.165) is 5.56 Å². The SMILES string of the molecule is CC(c1ccc([N+](=O)[O-])cc1)N(C)CCCC(=O)O. The Kier molecular flexibility index (Phi) is 5.44. The van der Waals surface area contributed by atoms with Crippen molar-refractivity contribution in [2.45, 2.75) is 25.8 Å². The Labute approximate surface area is 111 Å². The minimum absolute atomic E-state index is 0.0736. The summed E-state index contributed by atoms with van der Waals surface area (Å²) in [5, 5.41) is 19.1. The lowest BCUT2D eigenvalue weighted by atomic mass is 10.1. The Hall–Kier alpha value is -1.95. The molecule has 0 amide bonds. The van der Waals surface area contributed by atoms with Gasteiger partial charge in [-0.2, -0.15) is 0 Å². The third-order valence-electron chi connectivity index (χ3n) is 3.15. The molecule has 19 heavy (non-hydrogen) atoms. The molecule has 0 aliphatic rings. The first-order valence-electron chi connectivity index (χ1n) is 6.08. The van der Waals surface area contributed by atoms with Gasteiger partial charge in [-0.1, -0.05) is 12.1 Å². The largest absolute Gasteiger partial charge is 0.481 e. The van der Waals surface area contributed by atoms with E-state index in [4.69, 9.17) is 5.11 Å². The van der Waals surface area contributed by atoms with E-state index in [1.807, 2.05) is 18.9 Å². The van der Waals surface area contributed by atoms with Crippen molar-refractivity contribution in [2.75, 3.05) is 13.6 Å². The minimum atomic E-state index is -0.795. The molecule has 0 fully saturated rings. The maximum Gasteiger partial charge on any atom is 0.303 e. The van der Waals surface area contributed by atoms with Crippen LogP contribution in [0.15, 0.2) is 24.3 Å². The summed E-state index contributed by atoms with van der Waals surface area (Å²) in [4.78, 5) is 22.6. The first-order valence-corrected chi connectivity index (χ1v) is 6.08. The average Bonchev–Trinajstić information content (AvgIpc) is 2.37. The molecule has 0 aliphatic heterocycles. The van der Waals surface area contributed by atoms with Crippen molar-refractivity contribution >= 4 is 11.7 Å². The highest BCUT2D eigenvalue weighted by atomic mass is 16.6. The molecule has 1 aromatic carbocycles. The van der Waals surface area contributed by atoms with E-state index < -0.39 is 10.9 Å². The van der Waals surface area contributed by atoms with Gasteiger partial charge in [0, 0.05) is 24.6 Å². The van der Waals surface area contributed by atoms with Crippen LogP contribution >= 0.6 is 0 Å². The monoisotopic (exact) mass is 266 g/mol. The van der Waals surface area contributed by atoms with Crippen molar-refractivity contribution in [1.29, 1.82) is 0 Å². The Balaban J connectivity index is 2.58. The second-order valence-electron chi connectivity index (χ2n) is 4.50. The fourth-order valence-corrected chi connectivity index (χ4v) is 1.80. The van der Waals surface area contributed by atoms with Gasteiger partial charge in [-0.25, -0.2) is 0 Å². The summed E-state index contributed by atoms with van der Waals surface area (Å²) in [7, 11) is 1.91. The van der Waals surface area contributed by atoms with Gasteiger partial charge in [0.25, 0.3) is 5.69 Å². The van der Waals surface area contributed by atoms with Crippen LogP contribution < -0.4 is 0 Å². The highest BCUT2D eigenvalue weighted by molar-refractivity contribution is 5.66. The highest BCUT2D eigenvalue weighted by Gasteiger charge is 2.13. The van der Waals surface area contributed by atoms with Crippen molar-refractivity contribution in [3.63, 3.8) is 0 Å². The van der Waals surface area contributed by atoms with Crippen molar-refractivity contribution in [3.8, 4) is 0 Å². The van der Waals surface area contributed by atoms with Gasteiger partial charge >= 0.3 is 5.97 Å². The molecule has 0 saturated heterocycles. The van der Waals surface area contributed by atoms with Crippen LogP contribution in [0.5, 0.6) is 0 Å². The summed E-state index contributed by atoms with van der Waals surface area (Å²) in [5.74, 6) is -0.795. The molecule has 0 aliphatic carbocycles. The maximum atomic E-state index is 10.6. The smallest absolute Gasteiger partial charge is 0.303 e. The fraction of sp³-hybridized carbons (Fsp3) is 0.462. The van der Waals surface area contributed by atoms with E-state index in [0.29, 0.717) is 13.0 Å². The molecule has 0 radical (unpaired) electrons. The number of carboxylic acids is 1. The number of aliphatic carboxylic acids is 1. The molecular weight excluding hydrogens is 248 g/mol. The van der Waals surface area contributed by atoms with Crippen LogP contribution in [-0.4, -0.2) is 34.5 Å². The van der Waals surface area contributed by atoms with Crippen LogP contribution in [0.25, 0.3) is 0 Å². The lowest BCUT2D eigenvalue weighted by Crippen LogP contribution is -2.24. The third-order valence-corrected chi connectivity index (χ3v) is 3.15. The van der Waals surface area contributed by atoms with E-state index in [2.05, 4.69) is 0 Å². The molecule has 0 saturated carbocycles. The Bertz CT molecular complexity index is 444. The van der Waals surface area contributed by atoms with Crippen LogP contribution in [0, 0.1) is 10.1 Å². The quantitative estimate of drug-likeness (QED) is 0.605. The zero-order chi connectivity index (χ0) is 14.4. The fourth-order valence-electron chi connectivity index (χ4n) is 1.80. The number of carbonyl (C=O) groups is 1. The van der Waals surface area contributed by atoms with E-state index in [1.165, 1.54) is 12.1 Å². The van der Waals surface area contributed by atoms with Crippen molar-refractivity contribution in [2.24, 2.45) is 0 Å². The number of non-ortho nitro benzene ring substituents is 1. The molecule has 1 atom stereocenters. The number of hydrogen-bond acceptors (Lipinski definition) is 4. The Morgan fingerprint density at radius 1 is 1.42 bits per heavy atom. The van der Waals surface area contributed by atoms with Gasteiger partial charge in [-0.3, -0.25) is 19.8 Å². The lowest BCUT2D eigenvalue weighted by Gasteiger charge is -2.24. The van der Waals surface area contributed by atoms with Crippen molar-refractivity contribution in [3.05, 3.63) is 39.9 Å².